The van der Waals surface area contributed by atoms with Gasteiger partial charge in [0, 0.05) is 148 Å². The lowest BCUT2D eigenvalue weighted by Gasteiger charge is -2.11. The second-order valence-electron chi connectivity index (χ2n) is 31.2. The number of nitrogens with one attached hydrogen (secondary N) is 6. The Morgan fingerprint density at radius 2 is 0.575 bits per heavy atom. The average molecular weight is 1770 g/mol. The normalized spacial score (nSPS) is 10.9. The summed E-state index contributed by atoms with van der Waals surface area (Å²) >= 11 is 0. The van der Waals surface area contributed by atoms with Gasteiger partial charge in [-0.2, -0.15) is 25.5 Å². The molecule has 0 spiro atoms. The molecule has 0 fully saturated rings. The molecule has 134 heavy (non-hydrogen) atoms. The molecule has 0 amide bonds. The van der Waals surface area contributed by atoms with Crippen molar-refractivity contribution in [1.29, 1.82) is 5.41 Å². The second-order valence-corrected chi connectivity index (χ2v) is 31.2. The molecule has 0 aliphatic rings. The molecule has 0 atom stereocenters. The maximum absolute atomic E-state index is 14.1. The lowest BCUT2D eigenvalue weighted by molar-refractivity contribution is 0.509. The van der Waals surface area contributed by atoms with Crippen molar-refractivity contribution in [1.82, 2.24) is 80.9 Å². The summed E-state index contributed by atoms with van der Waals surface area (Å²) in [7, 11) is 0. The molecule has 0 radical (unpaired) electrons. The Bertz CT molecular complexity index is 7840. The molecule has 0 saturated carbocycles. The first-order valence-corrected chi connectivity index (χ1v) is 42.4. The second kappa shape index (κ2) is 39.7. The summed E-state index contributed by atoms with van der Waals surface area (Å²) < 4.78 is 81.0. The van der Waals surface area contributed by atoms with Crippen molar-refractivity contribution in [2.75, 3.05) is 5.73 Å². The van der Waals surface area contributed by atoms with Gasteiger partial charge in [0.05, 0.1) is 92.7 Å². The summed E-state index contributed by atoms with van der Waals surface area (Å²) in [6.45, 7) is 3.86. The highest BCUT2D eigenvalue weighted by Crippen LogP contribution is 2.40. The third-order valence-corrected chi connectivity index (χ3v) is 22.4. The van der Waals surface area contributed by atoms with Crippen LogP contribution in [0.15, 0.2) is 384 Å². The van der Waals surface area contributed by atoms with Crippen LogP contribution in [0.3, 0.4) is 0 Å². The Morgan fingerprint density at radius 3 is 0.955 bits per heavy atom. The molecular formula is C110H78F6N18. The number of hydrogen-bond acceptors (Lipinski definition) is 13. The predicted molar refractivity (Wildman–Crippen MR) is 520 cm³/mol. The minimum Gasteiger partial charge on any atom is -0.398 e. The molecule has 18 nitrogen and oxygen atoms in total. The summed E-state index contributed by atoms with van der Waals surface area (Å²) in [5, 5.41) is 47.7. The fourth-order valence-corrected chi connectivity index (χ4v) is 15.7. The van der Waals surface area contributed by atoms with Crippen molar-refractivity contribution in [3.63, 3.8) is 0 Å². The predicted octanol–water partition coefficient (Wildman–Crippen LogP) is 26.9. The molecule has 11 heterocycles. The van der Waals surface area contributed by atoms with Crippen molar-refractivity contribution in [3.8, 4) is 134 Å². The number of benzene rings is 12. The van der Waals surface area contributed by atoms with Gasteiger partial charge in [-0.25, -0.2) is 26.3 Å². The Morgan fingerprint density at radius 1 is 0.246 bits per heavy atom. The van der Waals surface area contributed by atoms with Crippen LogP contribution in [0, 0.1) is 54.2 Å². The molecular weight excluding hydrogens is 1690 g/mol. The lowest BCUT2D eigenvalue weighted by Crippen LogP contribution is -1.95. The van der Waals surface area contributed by atoms with E-state index in [9.17, 15) is 26.3 Å². The first-order chi connectivity index (χ1) is 65.6. The molecule has 0 bridgehead atoms. The van der Waals surface area contributed by atoms with Gasteiger partial charge in [0.15, 0.2) is 11.6 Å². The van der Waals surface area contributed by atoms with E-state index in [1.54, 1.807) is 123 Å². The monoisotopic (exact) mass is 1760 g/mol. The fraction of sp³-hybridized carbons (Fsp3) is 0.0182. The number of rotatable bonds is 13. The molecule has 0 aliphatic carbocycles. The highest BCUT2D eigenvalue weighted by atomic mass is 19.2. The van der Waals surface area contributed by atoms with Crippen molar-refractivity contribution in [3.05, 3.63) is 435 Å². The van der Waals surface area contributed by atoms with E-state index in [4.69, 9.17) is 11.1 Å². The summed E-state index contributed by atoms with van der Waals surface area (Å²) in [5.41, 5.74) is 34.9. The maximum atomic E-state index is 14.1. The molecule has 0 aliphatic heterocycles. The van der Waals surface area contributed by atoms with Gasteiger partial charge in [-0.1, -0.05) is 157 Å². The number of H-pyrrole nitrogens is 5. The van der Waals surface area contributed by atoms with Crippen LogP contribution >= 0.6 is 0 Å². The summed E-state index contributed by atoms with van der Waals surface area (Å²) in [4.78, 5) is 26.7. The SMILES string of the molecule is Cc1cc(-c2ncccc2-c2ccc3cn[nH]c3c2)ccc1F.Cc1cccc(-c2ncccc2-c2ccc3cn[nH]c3c2)c1.Fc1ccc(-c2ncccc2-c2ccc3cn[nH]c3c2)cc1.Fc1ccc(-c2ncccc2-c2ccc3cn[nH]c3c2)cc1F.Fc1cccc(-c2ncccc2-c2ccc3cn[nH]c3c2)c1.N=Cc1ccc(-c2cccnc2-c2ccccc2F)cc1N. The standard InChI is InChI=1S/C19H14FN3.C19H15N3.C18H11F2N3.2C18H12FN3.C18H14FN3/c1-12-9-14(6-7-17(12)20)19-16(3-2-8-21-19)13-4-5-15-11-22-23-18(15)10-13;1-13-4-2-5-15(10-13)19-17(6-3-9-20-19)14-7-8-16-12-21-22-18(16)11-14;19-15-6-5-12(8-16(15)20)18-14(2-1-7-21-18)11-3-4-13-10-22-23-17(13)9-11;19-15-4-1-3-13(9-15)18-16(5-2-8-20-18)12-6-7-14-11-21-22-17(14)10-12;19-15-7-5-12(6-8-15)18-16(2-1-9-20-18)13-3-4-14-11-21-22-17(14)10-13;19-16-6-2-1-4-15(16)18-14(5-3-9-22-18)12-7-8-13(11-20)17(21)10-12/h2-11H,1H3,(H,22,23);2-12H,1H3,(H,21,22);1-10H,(H,22,23);2*1-11H,(H,21,22);1-11,20H,21H2. The average Bonchev–Trinajstić information content (AvgIpc) is 1.16. The van der Waals surface area contributed by atoms with E-state index in [2.05, 4.69) is 148 Å². The van der Waals surface area contributed by atoms with Gasteiger partial charge in [-0.3, -0.25) is 55.4 Å². The van der Waals surface area contributed by atoms with E-state index in [1.807, 2.05) is 152 Å². The molecule has 23 rings (SSSR count). The van der Waals surface area contributed by atoms with E-state index in [0.717, 1.165) is 178 Å². The van der Waals surface area contributed by atoms with Crippen molar-refractivity contribution >= 4 is 66.4 Å². The van der Waals surface area contributed by atoms with Crippen LogP contribution in [0.5, 0.6) is 0 Å². The minimum absolute atomic E-state index is 0.204. The zero-order chi connectivity index (χ0) is 92.0. The Labute approximate surface area is 763 Å². The number of nitrogens with zero attached hydrogens (tertiary/aromatic N) is 11. The summed E-state index contributed by atoms with van der Waals surface area (Å²) in [6.07, 6.45) is 20.5. The van der Waals surface area contributed by atoms with Crippen molar-refractivity contribution < 1.29 is 26.3 Å². The highest BCUT2D eigenvalue weighted by Gasteiger charge is 2.20. The maximum Gasteiger partial charge on any atom is 0.159 e. The van der Waals surface area contributed by atoms with E-state index < -0.39 is 11.6 Å². The first kappa shape index (κ1) is 86.7. The quantitative estimate of drug-likeness (QED) is 0.0323. The molecule has 11 aromatic heterocycles. The molecule has 0 unspecified atom stereocenters. The number of nitrogen functional groups attached to an aromatic ring is 1. The molecule has 24 heteroatoms. The van der Waals surface area contributed by atoms with E-state index in [-0.39, 0.29) is 23.3 Å². The van der Waals surface area contributed by atoms with Crippen molar-refractivity contribution in [2.24, 2.45) is 0 Å². The Balaban J connectivity index is 0.000000107. The number of aryl methyl sites for hydroxylation is 2. The van der Waals surface area contributed by atoms with Gasteiger partial charge in [0.25, 0.3) is 0 Å². The van der Waals surface area contributed by atoms with E-state index >= 15 is 0 Å². The van der Waals surface area contributed by atoms with Gasteiger partial charge in [0.2, 0.25) is 0 Å². The van der Waals surface area contributed by atoms with Crippen LogP contribution in [0.1, 0.15) is 16.7 Å². The number of nitrogens with two attached hydrogens (primary N) is 1. The molecule has 0 saturated heterocycles. The van der Waals surface area contributed by atoms with Crippen LogP contribution < -0.4 is 5.73 Å². The molecule has 23 aromatic rings. The number of hydrogen-bond donors (Lipinski definition) is 7. The Hall–Kier alpha value is -18.1. The number of aromatic amines is 5. The minimum atomic E-state index is -0.886. The number of anilines is 1. The topological polar surface area (TPSA) is 271 Å². The van der Waals surface area contributed by atoms with Crippen molar-refractivity contribution in [2.45, 2.75) is 13.8 Å². The molecule has 8 N–H and O–H groups in total. The fourth-order valence-electron chi connectivity index (χ4n) is 15.7. The largest absolute Gasteiger partial charge is 0.398 e. The zero-order valence-electron chi connectivity index (χ0n) is 71.7. The molecule has 12 aromatic carbocycles. The van der Waals surface area contributed by atoms with Gasteiger partial charge in [0.1, 0.15) is 23.3 Å². The van der Waals surface area contributed by atoms with Gasteiger partial charge >= 0.3 is 0 Å². The third-order valence-electron chi connectivity index (χ3n) is 22.4. The number of aromatic nitrogens is 16. The zero-order valence-corrected chi connectivity index (χ0v) is 71.7. The van der Waals surface area contributed by atoms with Gasteiger partial charge in [-0.15, -0.1) is 0 Å². The number of halogens is 6. The third kappa shape index (κ3) is 19.5. The van der Waals surface area contributed by atoms with Crippen LogP contribution in [-0.4, -0.2) is 87.1 Å². The first-order valence-electron chi connectivity index (χ1n) is 42.4. The van der Waals surface area contributed by atoms with Crippen LogP contribution in [0.2, 0.25) is 0 Å². The van der Waals surface area contributed by atoms with Crippen LogP contribution in [0.4, 0.5) is 32.0 Å². The summed E-state index contributed by atoms with van der Waals surface area (Å²) in [5.74, 6) is -2.79. The van der Waals surface area contributed by atoms with E-state index in [0.29, 0.717) is 39.3 Å². The number of fused-ring (bicyclic) bond motifs is 5. The number of pyridine rings is 6. The van der Waals surface area contributed by atoms with E-state index in [1.165, 1.54) is 54.2 Å². The highest BCUT2D eigenvalue weighted by molar-refractivity contribution is 5.95. The van der Waals surface area contributed by atoms with Gasteiger partial charge in [-0.05, 0) is 217 Å². The lowest BCUT2D eigenvalue weighted by atomic mass is 9.97. The van der Waals surface area contributed by atoms with Gasteiger partial charge < -0.3 is 11.1 Å². The molecule has 650 valence electrons. The van der Waals surface area contributed by atoms with Crippen LogP contribution in [-0.2, 0) is 0 Å². The smallest absolute Gasteiger partial charge is 0.159 e. The van der Waals surface area contributed by atoms with Crippen LogP contribution in [0.25, 0.3) is 189 Å². The Kier molecular flexibility index (Phi) is 25.7. The summed E-state index contributed by atoms with van der Waals surface area (Å²) in [6, 6.07) is 95.9.